The summed E-state index contributed by atoms with van der Waals surface area (Å²) in [5.74, 6) is -1.35. The Hall–Kier alpha value is -2.36. The fraction of sp³-hybridized carbons (Fsp3) is 0.368. The van der Waals surface area contributed by atoms with Crippen molar-refractivity contribution in [3.8, 4) is 0 Å². The molecule has 0 saturated carbocycles. The molecule has 0 spiro atoms. The number of hydrogen-bond acceptors (Lipinski definition) is 3. The third-order valence-electron chi connectivity index (χ3n) is 3.54. The zero-order valence-corrected chi connectivity index (χ0v) is 13.7. The second-order valence-corrected chi connectivity index (χ2v) is 6.71. The molecule has 0 fully saturated rings. The van der Waals surface area contributed by atoms with Crippen molar-refractivity contribution < 1.29 is 19.4 Å². The minimum atomic E-state index is -0.980. The number of carboxylic acids is 1. The molecule has 1 aliphatic rings. The van der Waals surface area contributed by atoms with Crippen LogP contribution < -0.4 is 0 Å². The Morgan fingerprint density at radius 1 is 1.26 bits per heavy atom. The van der Waals surface area contributed by atoms with E-state index in [1.54, 1.807) is 0 Å². The van der Waals surface area contributed by atoms with E-state index >= 15 is 0 Å². The van der Waals surface area contributed by atoms with E-state index in [1.807, 2.05) is 57.2 Å². The quantitative estimate of drug-likeness (QED) is 0.678. The number of hydrogen-bond donors (Lipinski definition) is 1. The lowest BCUT2D eigenvalue weighted by Crippen LogP contribution is -2.25. The van der Waals surface area contributed by atoms with E-state index in [9.17, 15) is 9.59 Å². The predicted octanol–water partition coefficient (Wildman–Crippen LogP) is 3.93. The van der Waals surface area contributed by atoms with Gasteiger partial charge in [0.1, 0.15) is 5.60 Å². The minimum Gasteiger partial charge on any atom is -0.478 e. The summed E-state index contributed by atoms with van der Waals surface area (Å²) in [4.78, 5) is 23.2. The molecule has 2 rings (SSSR count). The minimum absolute atomic E-state index is 0.0957. The molecule has 1 aromatic carbocycles. The second-order valence-electron chi connectivity index (χ2n) is 6.71. The first-order valence-electron chi connectivity index (χ1n) is 7.67. The van der Waals surface area contributed by atoms with Crippen LogP contribution in [0, 0.1) is 0 Å². The largest absolute Gasteiger partial charge is 0.478 e. The molecule has 1 atom stereocenters. The van der Waals surface area contributed by atoms with Crippen molar-refractivity contribution >= 4 is 18.0 Å². The summed E-state index contributed by atoms with van der Waals surface area (Å²) in [5.41, 5.74) is 2.22. The average Bonchev–Trinajstić information content (AvgIpc) is 2.57. The molecular formula is C19H22O4. The number of allylic oxidation sites excluding steroid dienone is 2. The van der Waals surface area contributed by atoms with Crippen molar-refractivity contribution in [2.45, 2.75) is 45.1 Å². The van der Waals surface area contributed by atoms with E-state index in [-0.39, 0.29) is 18.3 Å². The molecule has 0 saturated heterocycles. The molecule has 0 aliphatic heterocycles. The topological polar surface area (TPSA) is 63.6 Å². The summed E-state index contributed by atoms with van der Waals surface area (Å²) in [5, 5.41) is 8.99. The SMILES string of the molecule is CC(C)(C)OC(=O)CC1C/C(=C\C(=O)O)C=Cc2ccccc21. The van der Waals surface area contributed by atoms with Crippen molar-refractivity contribution in [3.63, 3.8) is 0 Å². The summed E-state index contributed by atoms with van der Waals surface area (Å²) < 4.78 is 5.42. The van der Waals surface area contributed by atoms with Crippen LogP contribution >= 0.6 is 0 Å². The van der Waals surface area contributed by atoms with Gasteiger partial charge in [-0.25, -0.2) is 4.79 Å². The number of esters is 1. The van der Waals surface area contributed by atoms with Gasteiger partial charge in [0, 0.05) is 6.08 Å². The number of carboxylic acid groups (broad SMARTS) is 1. The standard InChI is InChI=1S/C19H22O4/c1-19(2,3)23-18(22)12-15-10-13(11-17(20)21)8-9-14-6-4-5-7-16(14)15/h4-9,11,15H,10,12H2,1-3H3,(H,20,21)/b13-11-. The molecule has 0 aromatic heterocycles. The van der Waals surface area contributed by atoms with Gasteiger partial charge in [-0.3, -0.25) is 4.79 Å². The van der Waals surface area contributed by atoms with Crippen LogP contribution in [-0.2, 0) is 14.3 Å². The summed E-state index contributed by atoms with van der Waals surface area (Å²) in [6.07, 6.45) is 5.64. The molecule has 0 bridgehead atoms. The van der Waals surface area contributed by atoms with E-state index in [1.165, 1.54) is 6.08 Å². The van der Waals surface area contributed by atoms with Crippen molar-refractivity contribution in [2.24, 2.45) is 0 Å². The first-order valence-corrected chi connectivity index (χ1v) is 7.67. The van der Waals surface area contributed by atoms with Crippen LogP contribution in [0.15, 0.2) is 42.0 Å². The molecule has 1 N–H and O–H groups in total. The van der Waals surface area contributed by atoms with Gasteiger partial charge in [0.05, 0.1) is 6.42 Å². The summed E-state index contributed by atoms with van der Waals surface area (Å²) >= 11 is 0. The third kappa shape index (κ3) is 5.09. The Kier molecular flexibility index (Phi) is 5.04. The van der Waals surface area contributed by atoms with Crippen molar-refractivity contribution in [2.75, 3.05) is 0 Å². The lowest BCUT2D eigenvalue weighted by Gasteiger charge is -2.23. The highest BCUT2D eigenvalue weighted by molar-refractivity contribution is 5.82. The molecule has 122 valence electrons. The van der Waals surface area contributed by atoms with E-state index in [0.29, 0.717) is 12.0 Å². The second kappa shape index (κ2) is 6.82. The molecule has 0 heterocycles. The predicted molar refractivity (Wildman–Crippen MR) is 89.0 cm³/mol. The summed E-state index contributed by atoms with van der Waals surface area (Å²) in [6.45, 7) is 5.51. The molecule has 1 unspecified atom stereocenters. The van der Waals surface area contributed by atoms with Gasteiger partial charge < -0.3 is 9.84 Å². The Bertz CT molecular complexity index is 662. The van der Waals surface area contributed by atoms with Crippen LogP contribution in [0.25, 0.3) is 6.08 Å². The Balaban J connectivity index is 2.28. The molecule has 23 heavy (non-hydrogen) atoms. The van der Waals surface area contributed by atoms with Gasteiger partial charge >= 0.3 is 11.9 Å². The van der Waals surface area contributed by atoms with Crippen LogP contribution in [0.2, 0.25) is 0 Å². The third-order valence-corrected chi connectivity index (χ3v) is 3.54. The number of rotatable bonds is 3. The zero-order valence-electron chi connectivity index (χ0n) is 13.7. The number of fused-ring (bicyclic) bond motifs is 1. The van der Waals surface area contributed by atoms with E-state index < -0.39 is 11.6 Å². The van der Waals surface area contributed by atoms with Crippen LogP contribution in [0.5, 0.6) is 0 Å². The smallest absolute Gasteiger partial charge is 0.328 e. The maximum Gasteiger partial charge on any atom is 0.328 e. The highest BCUT2D eigenvalue weighted by atomic mass is 16.6. The molecule has 0 radical (unpaired) electrons. The maximum atomic E-state index is 12.2. The van der Waals surface area contributed by atoms with Crippen molar-refractivity contribution in [3.05, 3.63) is 53.1 Å². The fourth-order valence-electron chi connectivity index (χ4n) is 2.73. The number of aliphatic carboxylic acids is 1. The fourth-order valence-corrected chi connectivity index (χ4v) is 2.73. The lowest BCUT2D eigenvalue weighted by atomic mass is 9.88. The lowest BCUT2D eigenvalue weighted by molar-refractivity contribution is -0.155. The maximum absolute atomic E-state index is 12.2. The van der Waals surface area contributed by atoms with Crippen LogP contribution in [0.3, 0.4) is 0 Å². The first-order chi connectivity index (χ1) is 10.7. The van der Waals surface area contributed by atoms with Gasteiger partial charge in [0.25, 0.3) is 0 Å². The molecule has 1 aromatic rings. The monoisotopic (exact) mass is 314 g/mol. The van der Waals surface area contributed by atoms with Gasteiger partial charge in [-0.2, -0.15) is 0 Å². The van der Waals surface area contributed by atoms with E-state index in [4.69, 9.17) is 9.84 Å². The van der Waals surface area contributed by atoms with Gasteiger partial charge in [-0.15, -0.1) is 0 Å². The molecule has 4 heteroatoms. The number of ether oxygens (including phenoxy) is 1. The Labute approximate surface area is 136 Å². The molecular weight excluding hydrogens is 292 g/mol. The highest BCUT2D eigenvalue weighted by Gasteiger charge is 2.24. The first kappa shape index (κ1) is 17.0. The Morgan fingerprint density at radius 2 is 1.96 bits per heavy atom. The molecule has 4 nitrogen and oxygen atoms in total. The Morgan fingerprint density at radius 3 is 2.61 bits per heavy atom. The zero-order chi connectivity index (χ0) is 17.0. The highest BCUT2D eigenvalue weighted by Crippen LogP contribution is 2.34. The number of benzene rings is 1. The normalized spacial score (nSPS) is 19.1. The van der Waals surface area contributed by atoms with E-state index in [0.717, 1.165) is 11.1 Å². The van der Waals surface area contributed by atoms with Crippen LogP contribution in [-0.4, -0.2) is 22.6 Å². The number of carbonyl (C=O) groups is 2. The summed E-state index contributed by atoms with van der Waals surface area (Å²) in [7, 11) is 0. The van der Waals surface area contributed by atoms with Crippen molar-refractivity contribution in [1.82, 2.24) is 0 Å². The molecule has 1 aliphatic carbocycles. The van der Waals surface area contributed by atoms with Crippen LogP contribution in [0.1, 0.15) is 50.7 Å². The average molecular weight is 314 g/mol. The number of carbonyl (C=O) groups excluding carboxylic acids is 1. The summed E-state index contributed by atoms with van der Waals surface area (Å²) in [6, 6.07) is 7.82. The van der Waals surface area contributed by atoms with Gasteiger partial charge in [0.2, 0.25) is 0 Å². The van der Waals surface area contributed by atoms with E-state index in [2.05, 4.69) is 0 Å². The van der Waals surface area contributed by atoms with Gasteiger partial charge in [-0.1, -0.05) is 36.4 Å². The van der Waals surface area contributed by atoms with Crippen LogP contribution in [0.4, 0.5) is 0 Å². The van der Waals surface area contributed by atoms with Crippen molar-refractivity contribution in [1.29, 1.82) is 0 Å². The van der Waals surface area contributed by atoms with Gasteiger partial charge in [0.15, 0.2) is 0 Å². The van der Waals surface area contributed by atoms with Gasteiger partial charge in [-0.05, 0) is 49.8 Å². The molecule has 0 amide bonds.